The Morgan fingerprint density at radius 3 is 2.47 bits per heavy atom. The van der Waals surface area contributed by atoms with Gasteiger partial charge in [0.1, 0.15) is 0 Å². The maximum atomic E-state index is 13.4. The second-order valence-corrected chi connectivity index (χ2v) is 10.4. The molecule has 0 aromatic heterocycles. The first-order valence-electron chi connectivity index (χ1n) is 13.8. The molecule has 0 atom stereocenters. The second kappa shape index (κ2) is 12.4. The number of amides is 2. The van der Waals surface area contributed by atoms with Crippen LogP contribution < -0.4 is 15.5 Å². The molecule has 0 radical (unpaired) electrons. The van der Waals surface area contributed by atoms with Crippen molar-refractivity contribution in [2.45, 2.75) is 26.2 Å². The molecule has 2 amide bonds. The molecule has 3 aromatic carbocycles. The Labute approximate surface area is 225 Å². The number of benzene rings is 3. The molecule has 0 unspecified atom stereocenters. The molecular weight excluding hydrogens is 476 g/mol. The molecule has 2 heterocycles. The molecule has 7 nitrogen and oxygen atoms in total. The molecular formula is C31H38N4O3. The average Bonchev–Trinajstić information content (AvgIpc) is 2.96. The van der Waals surface area contributed by atoms with Gasteiger partial charge in [-0.3, -0.25) is 14.5 Å². The Bertz CT molecular complexity index is 1260. The number of carbonyl (C=O) groups excluding carboxylic acids is 2. The number of anilines is 2. The minimum atomic E-state index is -0.182. The molecule has 2 aliphatic heterocycles. The van der Waals surface area contributed by atoms with Crippen molar-refractivity contribution in [1.82, 2.24) is 10.2 Å². The number of ether oxygens (including phenoxy) is 1. The van der Waals surface area contributed by atoms with E-state index < -0.39 is 0 Å². The van der Waals surface area contributed by atoms with Gasteiger partial charge < -0.3 is 20.3 Å². The topological polar surface area (TPSA) is 73.9 Å². The van der Waals surface area contributed by atoms with Gasteiger partial charge >= 0.3 is 0 Å². The molecule has 0 aliphatic carbocycles. The van der Waals surface area contributed by atoms with Crippen molar-refractivity contribution in [1.29, 1.82) is 0 Å². The van der Waals surface area contributed by atoms with E-state index in [-0.39, 0.29) is 11.8 Å². The number of carbonyl (C=O) groups is 2. The number of fused-ring (bicyclic) bond motifs is 1. The summed E-state index contributed by atoms with van der Waals surface area (Å²) in [6.45, 7) is 9.16. The van der Waals surface area contributed by atoms with Gasteiger partial charge in [0.15, 0.2) is 0 Å². The van der Waals surface area contributed by atoms with E-state index in [2.05, 4.69) is 27.4 Å². The summed E-state index contributed by atoms with van der Waals surface area (Å²) in [4.78, 5) is 31.4. The van der Waals surface area contributed by atoms with Gasteiger partial charge in [0.2, 0.25) is 0 Å². The Hall–Kier alpha value is -3.42. The molecule has 0 bridgehead atoms. The zero-order valence-electron chi connectivity index (χ0n) is 22.2. The maximum absolute atomic E-state index is 13.4. The van der Waals surface area contributed by atoms with Crippen LogP contribution in [-0.4, -0.2) is 69.2 Å². The third-order valence-corrected chi connectivity index (χ3v) is 7.70. The van der Waals surface area contributed by atoms with E-state index in [1.807, 2.05) is 60.7 Å². The average molecular weight is 515 g/mol. The summed E-state index contributed by atoms with van der Waals surface area (Å²) in [5.41, 5.74) is 2.79. The normalized spacial score (nSPS) is 16.9. The van der Waals surface area contributed by atoms with Crippen LogP contribution in [0.25, 0.3) is 10.8 Å². The molecule has 200 valence electrons. The first-order valence-corrected chi connectivity index (χ1v) is 13.8. The number of hydrogen-bond acceptors (Lipinski definition) is 5. The van der Waals surface area contributed by atoms with E-state index in [0.29, 0.717) is 29.3 Å². The molecule has 2 aliphatic rings. The maximum Gasteiger partial charge on any atom is 0.256 e. The van der Waals surface area contributed by atoms with Crippen molar-refractivity contribution >= 4 is 34.0 Å². The number of rotatable bonds is 8. The SMILES string of the molecule is CC1CCN(c2ccc(NC(=O)c3cccc4ccccc34)cc2C(=O)NCCCN2CCOCC2)CC1. The summed E-state index contributed by atoms with van der Waals surface area (Å²) < 4.78 is 5.42. The summed E-state index contributed by atoms with van der Waals surface area (Å²) >= 11 is 0. The van der Waals surface area contributed by atoms with Crippen LogP contribution in [0.15, 0.2) is 60.7 Å². The molecule has 0 saturated carbocycles. The van der Waals surface area contributed by atoms with Crippen LogP contribution in [0.1, 0.15) is 46.9 Å². The van der Waals surface area contributed by atoms with Gasteiger partial charge in [0.25, 0.3) is 11.8 Å². The van der Waals surface area contributed by atoms with E-state index in [1.165, 1.54) is 0 Å². The van der Waals surface area contributed by atoms with Crippen molar-refractivity contribution < 1.29 is 14.3 Å². The third kappa shape index (κ3) is 6.34. The highest BCUT2D eigenvalue weighted by Crippen LogP contribution is 2.29. The van der Waals surface area contributed by atoms with Gasteiger partial charge in [-0.1, -0.05) is 43.3 Å². The van der Waals surface area contributed by atoms with Gasteiger partial charge in [0, 0.05) is 49.7 Å². The quantitative estimate of drug-likeness (QED) is 0.423. The lowest BCUT2D eigenvalue weighted by atomic mass is 9.97. The number of morpholine rings is 1. The van der Waals surface area contributed by atoms with Gasteiger partial charge in [-0.2, -0.15) is 0 Å². The van der Waals surface area contributed by atoms with Gasteiger partial charge in [-0.15, -0.1) is 0 Å². The predicted molar refractivity (Wildman–Crippen MR) is 153 cm³/mol. The fraction of sp³-hybridized carbons (Fsp3) is 0.419. The Kier molecular flexibility index (Phi) is 8.56. The Balaban J connectivity index is 1.31. The van der Waals surface area contributed by atoms with E-state index >= 15 is 0 Å². The largest absolute Gasteiger partial charge is 0.379 e. The number of nitrogens with zero attached hydrogens (tertiary/aromatic N) is 2. The Morgan fingerprint density at radius 1 is 0.895 bits per heavy atom. The molecule has 5 rings (SSSR count). The highest BCUT2D eigenvalue weighted by atomic mass is 16.5. The van der Waals surface area contributed by atoms with Crippen molar-refractivity contribution in [2.24, 2.45) is 5.92 Å². The van der Waals surface area contributed by atoms with E-state index in [0.717, 1.165) is 81.7 Å². The molecule has 2 N–H and O–H groups in total. The minimum absolute atomic E-state index is 0.0955. The second-order valence-electron chi connectivity index (χ2n) is 10.4. The van der Waals surface area contributed by atoms with Crippen LogP contribution in [-0.2, 0) is 4.74 Å². The first kappa shape index (κ1) is 26.2. The third-order valence-electron chi connectivity index (χ3n) is 7.70. The smallest absolute Gasteiger partial charge is 0.256 e. The van der Waals surface area contributed by atoms with Crippen molar-refractivity contribution in [3.05, 3.63) is 71.8 Å². The minimum Gasteiger partial charge on any atom is -0.379 e. The van der Waals surface area contributed by atoms with E-state index in [9.17, 15) is 9.59 Å². The highest BCUT2D eigenvalue weighted by Gasteiger charge is 2.22. The monoisotopic (exact) mass is 514 g/mol. The van der Waals surface area contributed by atoms with Gasteiger partial charge in [-0.25, -0.2) is 0 Å². The fourth-order valence-electron chi connectivity index (χ4n) is 5.37. The molecule has 0 spiro atoms. The summed E-state index contributed by atoms with van der Waals surface area (Å²) in [7, 11) is 0. The molecule has 38 heavy (non-hydrogen) atoms. The molecule has 3 aromatic rings. The number of piperidine rings is 1. The molecule has 2 fully saturated rings. The van der Waals surface area contributed by atoms with Crippen LogP contribution >= 0.6 is 0 Å². The van der Waals surface area contributed by atoms with Crippen LogP contribution in [0, 0.1) is 5.92 Å². The van der Waals surface area contributed by atoms with Crippen molar-refractivity contribution in [3.8, 4) is 0 Å². The number of hydrogen-bond donors (Lipinski definition) is 2. The van der Waals surface area contributed by atoms with Crippen LogP contribution in [0.4, 0.5) is 11.4 Å². The Morgan fingerprint density at radius 2 is 1.66 bits per heavy atom. The van der Waals surface area contributed by atoms with Gasteiger partial charge in [0.05, 0.1) is 18.8 Å². The van der Waals surface area contributed by atoms with Crippen LogP contribution in [0.3, 0.4) is 0 Å². The first-order chi connectivity index (χ1) is 18.6. The van der Waals surface area contributed by atoms with Crippen molar-refractivity contribution in [3.63, 3.8) is 0 Å². The van der Waals surface area contributed by atoms with Crippen LogP contribution in [0.5, 0.6) is 0 Å². The van der Waals surface area contributed by atoms with E-state index in [1.54, 1.807) is 0 Å². The van der Waals surface area contributed by atoms with Crippen LogP contribution in [0.2, 0.25) is 0 Å². The summed E-state index contributed by atoms with van der Waals surface area (Å²) in [5.74, 6) is 0.419. The van der Waals surface area contributed by atoms with Crippen molar-refractivity contribution in [2.75, 3.05) is 62.7 Å². The lowest BCUT2D eigenvalue weighted by molar-refractivity contribution is 0.0374. The highest BCUT2D eigenvalue weighted by molar-refractivity contribution is 6.13. The lowest BCUT2D eigenvalue weighted by Crippen LogP contribution is -2.38. The standard InChI is InChI=1S/C31H38N4O3/c1-23-12-16-35(17-13-23)29-11-10-25(33-31(37)27-9-4-7-24-6-2-3-8-26(24)27)22-28(29)30(36)32-14-5-15-34-18-20-38-21-19-34/h2-4,6-11,22-23H,5,12-21H2,1H3,(H,32,36)(H,33,37). The summed E-state index contributed by atoms with van der Waals surface area (Å²) in [6.07, 6.45) is 3.11. The zero-order chi connectivity index (χ0) is 26.3. The zero-order valence-corrected chi connectivity index (χ0v) is 22.2. The van der Waals surface area contributed by atoms with Gasteiger partial charge in [-0.05, 0) is 66.8 Å². The summed E-state index contributed by atoms with van der Waals surface area (Å²) in [6, 6.07) is 19.3. The van der Waals surface area contributed by atoms with E-state index in [4.69, 9.17) is 4.74 Å². The number of nitrogens with one attached hydrogen (secondary N) is 2. The summed E-state index contributed by atoms with van der Waals surface area (Å²) in [5, 5.41) is 8.09. The molecule has 2 saturated heterocycles. The lowest BCUT2D eigenvalue weighted by Gasteiger charge is -2.33. The molecule has 7 heteroatoms. The fourth-order valence-corrected chi connectivity index (χ4v) is 5.37. The predicted octanol–water partition coefficient (Wildman–Crippen LogP) is 4.78.